The minimum Gasteiger partial charge on any atom is -0.495 e. The number of ether oxygens (including phenoxy) is 1. The molecule has 2 rings (SSSR count). The van der Waals surface area contributed by atoms with Crippen LogP contribution in [0.15, 0.2) is 42.5 Å². The molecule has 0 atom stereocenters. The van der Waals surface area contributed by atoms with Crippen LogP contribution in [0.5, 0.6) is 5.75 Å². The maximum absolute atomic E-state index is 5.72. The fraction of sp³-hybridized carbons (Fsp3) is 0.0769. The number of para-hydroxylation sites is 2. The monoisotopic (exact) mass is 340 g/mol. The molecule has 0 saturated carbocycles. The zero-order chi connectivity index (χ0) is 12.3. The topological polar surface area (TPSA) is 47.3 Å². The van der Waals surface area contributed by atoms with E-state index in [-0.39, 0.29) is 0 Å². The molecule has 88 valence electrons. The van der Waals surface area contributed by atoms with Crippen LogP contribution in [-0.4, -0.2) is 7.11 Å². The van der Waals surface area contributed by atoms with Crippen molar-refractivity contribution in [3.63, 3.8) is 0 Å². The van der Waals surface area contributed by atoms with E-state index in [1.54, 1.807) is 7.11 Å². The minimum atomic E-state index is 0.764. The van der Waals surface area contributed by atoms with Gasteiger partial charge in [0.25, 0.3) is 0 Å². The summed E-state index contributed by atoms with van der Waals surface area (Å²) in [7, 11) is 1.66. The first-order valence-electron chi connectivity index (χ1n) is 5.16. The van der Waals surface area contributed by atoms with E-state index in [1.165, 1.54) is 0 Å². The van der Waals surface area contributed by atoms with E-state index in [9.17, 15) is 0 Å². The standard InChI is InChI=1S/C13H13IN2O/c1-17-13-5-3-2-4-12(13)16-11-7-6-9(15)8-10(11)14/h2-8,16H,15H2,1H3. The molecule has 0 radical (unpaired) electrons. The molecule has 3 N–H and O–H groups in total. The quantitative estimate of drug-likeness (QED) is 0.663. The summed E-state index contributed by atoms with van der Waals surface area (Å²) in [6, 6.07) is 13.6. The van der Waals surface area contributed by atoms with Gasteiger partial charge in [0, 0.05) is 9.26 Å². The summed E-state index contributed by atoms with van der Waals surface area (Å²) in [5.74, 6) is 0.820. The predicted molar refractivity (Wildman–Crippen MR) is 79.8 cm³/mol. The van der Waals surface area contributed by atoms with Gasteiger partial charge in [-0.05, 0) is 52.9 Å². The van der Waals surface area contributed by atoms with Gasteiger partial charge in [-0.3, -0.25) is 0 Å². The Labute approximate surface area is 114 Å². The molecule has 0 bridgehead atoms. The highest BCUT2D eigenvalue weighted by molar-refractivity contribution is 14.1. The van der Waals surface area contributed by atoms with Crippen molar-refractivity contribution in [3.05, 3.63) is 46.0 Å². The summed E-state index contributed by atoms with van der Waals surface area (Å²) < 4.78 is 6.37. The summed E-state index contributed by atoms with van der Waals surface area (Å²) >= 11 is 2.25. The molecule has 0 aliphatic heterocycles. The first-order valence-corrected chi connectivity index (χ1v) is 6.23. The third-order valence-electron chi connectivity index (χ3n) is 2.37. The number of nitrogen functional groups attached to an aromatic ring is 1. The normalized spacial score (nSPS) is 10.0. The molecule has 2 aromatic carbocycles. The number of hydrogen-bond acceptors (Lipinski definition) is 3. The summed E-state index contributed by atoms with van der Waals surface area (Å²) in [4.78, 5) is 0. The van der Waals surface area contributed by atoms with Crippen molar-refractivity contribution in [2.24, 2.45) is 0 Å². The van der Waals surface area contributed by atoms with Crippen LogP contribution >= 0.6 is 22.6 Å². The molecule has 17 heavy (non-hydrogen) atoms. The van der Waals surface area contributed by atoms with Crippen molar-refractivity contribution in [1.29, 1.82) is 0 Å². The average molecular weight is 340 g/mol. The summed E-state index contributed by atoms with van der Waals surface area (Å²) in [5.41, 5.74) is 8.44. The SMILES string of the molecule is COc1ccccc1Nc1ccc(N)cc1I. The van der Waals surface area contributed by atoms with E-state index in [0.29, 0.717) is 0 Å². The molecule has 0 unspecified atom stereocenters. The van der Waals surface area contributed by atoms with Gasteiger partial charge in [0.05, 0.1) is 18.5 Å². The number of nitrogens with two attached hydrogens (primary N) is 1. The van der Waals surface area contributed by atoms with E-state index < -0.39 is 0 Å². The van der Waals surface area contributed by atoms with Crippen LogP contribution in [0.1, 0.15) is 0 Å². The zero-order valence-electron chi connectivity index (χ0n) is 9.41. The van der Waals surface area contributed by atoms with Crippen LogP contribution in [0.2, 0.25) is 0 Å². The highest BCUT2D eigenvalue weighted by Crippen LogP contribution is 2.30. The predicted octanol–water partition coefficient (Wildman–Crippen LogP) is 3.63. The van der Waals surface area contributed by atoms with E-state index in [2.05, 4.69) is 27.9 Å². The second kappa shape index (κ2) is 5.27. The zero-order valence-corrected chi connectivity index (χ0v) is 11.6. The number of halogens is 1. The molecule has 0 spiro atoms. The molecular weight excluding hydrogens is 327 g/mol. The first kappa shape index (κ1) is 12.0. The Kier molecular flexibility index (Phi) is 3.73. The maximum atomic E-state index is 5.72. The molecule has 0 fully saturated rings. The number of rotatable bonds is 3. The summed E-state index contributed by atoms with van der Waals surface area (Å²) in [6.45, 7) is 0. The van der Waals surface area contributed by atoms with Crippen LogP contribution in [0.25, 0.3) is 0 Å². The molecule has 0 amide bonds. The molecule has 2 aromatic rings. The van der Waals surface area contributed by atoms with Crippen LogP contribution in [-0.2, 0) is 0 Å². The molecule has 4 heteroatoms. The van der Waals surface area contributed by atoms with Gasteiger partial charge in [-0.2, -0.15) is 0 Å². The highest BCUT2D eigenvalue weighted by Gasteiger charge is 2.04. The number of nitrogens with one attached hydrogen (secondary N) is 1. The Balaban J connectivity index is 2.31. The lowest BCUT2D eigenvalue weighted by atomic mass is 10.2. The third-order valence-corrected chi connectivity index (χ3v) is 3.26. The molecule has 3 nitrogen and oxygen atoms in total. The molecule has 0 heterocycles. The lowest BCUT2D eigenvalue weighted by Gasteiger charge is -2.12. The van der Waals surface area contributed by atoms with Crippen molar-refractivity contribution in [3.8, 4) is 5.75 Å². The molecule has 0 saturated heterocycles. The van der Waals surface area contributed by atoms with Gasteiger partial charge in [0.15, 0.2) is 0 Å². The van der Waals surface area contributed by atoms with Gasteiger partial charge in [0.1, 0.15) is 5.75 Å². The number of benzene rings is 2. The number of hydrogen-bond donors (Lipinski definition) is 2. The van der Waals surface area contributed by atoms with Crippen LogP contribution < -0.4 is 15.8 Å². The fourth-order valence-electron chi connectivity index (χ4n) is 1.53. The van der Waals surface area contributed by atoms with E-state index >= 15 is 0 Å². The van der Waals surface area contributed by atoms with Crippen molar-refractivity contribution >= 4 is 39.7 Å². The van der Waals surface area contributed by atoms with Gasteiger partial charge in [-0.15, -0.1) is 0 Å². The van der Waals surface area contributed by atoms with Crippen molar-refractivity contribution in [1.82, 2.24) is 0 Å². The van der Waals surface area contributed by atoms with Crippen LogP contribution in [0.3, 0.4) is 0 Å². The average Bonchev–Trinajstić information content (AvgIpc) is 2.33. The van der Waals surface area contributed by atoms with Crippen molar-refractivity contribution in [2.45, 2.75) is 0 Å². The van der Waals surface area contributed by atoms with E-state index in [4.69, 9.17) is 10.5 Å². The smallest absolute Gasteiger partial charge is 0.142 e. The maximum Gasteiger partial charge on any atom is 0.142 e. The van der Waals surface area contributed by atoms with Gasteiger partial charge in [0.2, 0.25) is 0 Å². The summed E-state index contributed by atoms with van der Waals surface area (Å²) in [5, 5.41) is 3.33. The van der Waals surface area contributed by atoms with Crippen LogP contribution in [0, 0.1) is 3.57 Å². The highest BCUT2D eigenvalue weighted by atomic mass is 127. The number of anilines is 3. The largest absolute Gasteiger partial charge is 0.495 e. The third kappa shape index (κ3) is 2.82. The Hall–Kier alpha value is -1.43. The lowest BCUT2D eigenvalue weighted by molar-refractivity contribution is 0.417. The van der Waals surface area contributed by atoms with E-state index in [1.807, 2.05) is 42.5 Å². The first-order chi connectivity index (χ1) is 8.20. The second-order valence-corrected chi connectivity index (χ2v) is 4.73. The van der Waals surface area contributed by atoms with Gasteiger partial charge in [-0.25, -0.2) is 0 Å². The Morgan fingerprint density at radius 2 is 1.88 bits per heavy atom. The number of methoxy groups -OCH3 is 1. The molecule has 0 aliphatic rings. The van der Waals surface area contributed by atoms with Gasteiger partial charge >= 0.3 is 0 Å². The van der Waals surface area contributed by atoms with Gasteiger partial charge < -0.3 is 15.8 Å². The Morgan fingerprint density at radius 1 is 1.12 bits per heavy atom. The van der Waals surface area contributed by atoms with Crippen molar-refractivity contribution < 1.29 is 4.74 Å². The Morgan fingerprint density at radius 3 is 2.59 bits per heavy atom. The molecule has 0 aromatic heterocycles. The van der Waals surface area contributed by atoms with E-state index in [0.717, 1.165) is 26.4 Å². The summed E-state index contributed by atoms with van der Waals surface area (Å²) in [6.07, 6.45) is 0. The van der Waals surface area contributed by atoms with Crippen molar-refractivity contribution in [2.75, 3.05) is 18.2 Å². The minimum absolute atomic E-state index is 0.764. The molecule has 0 aliphatic carbocycles. The Bertz CT molecular complexity index is 529. The molecular formula is C13H13IN2O. The second-order valence-electron chi connectivity index (χ2n) is 3.56. The fourth-order valence-corrected chi connectivity index (χ4v) is 2.20. The van der Waals surface area contributed by atoms with Gasteiger partial charge in [-0.1, -0.05) is 12.1 Å². The van der Waals surface area contributed by atoms with Crippen LogP contribution in [0.4, 0.5) is 17.1 Å². The lowest BCUT2D eigenvalue weighted by Crippen LogP contribution is -1.97.